The Morgan fingerprint density at radius 1 is 1.10 bits per heavy atom. The molecule has 0 unspecified atom stereocenters. The van der Waals surface area contributed by atoms with Gasteiger partial charge in [-0.1, -0.05) is 46.7 Å². The Labute approximate surface area is 116 Å². The first kappa shape index (κ1) is 15.4. The van der Waals surface area contributed by atoms with Gasteiger partial charge in [-0.2, -0.15) is 0 Å². The lowest BCUT2D eigenvalue weighted by Crippen LogP contribution is -2.09. The SMILES string of the molecule is O=C(O)CC/C(CC(/C=C/c1ccccc1)=N/O)=N\O. The molecule has 6 nitrogen and oxygen atoms in total. The van der Waals surface area contributed by atoms with Gasteiger partial charge in [0, 0.05) is 6.42 Å². The van der Waals surface area contributed by atoms with E-state index in [0.29, 0.717) is 0 Å². The Hall–Kier alpha value is -2.63. The molecule has 20 heavy (non-hydrogen) atoms. The van der Waals surface area contributed by atoms with Gasteiger partial charge < -0.3 is 15.5 Å². The molecule has 3 N–H and O–H groups in total. The predicted octanol–water partition coefficient (Wildman–Crippen LogP) is 2.62. The van der Waals surface area contributed by atoms with Crippen LogP contribution in [0.1, 0.15) is 24.8 Å². The fourth-order valence-electron chi connectivity index (χ4n) is 1.52. The lowest BCUT2D eigenvalue weighted by molar-refractivity contribution is -0.136. The first-order valence-corrected chi connectivity index (χ1v) is 6.01. The zero-order chi connectivity index (χ0) is 14.8. The molecule has 0 aliphatic heterocycles. The highest BCUT2D eigenvalue weighted by atomic mass is 16.4. The average molecular weight is 276 g/mol. The van der Waals surface area contributed by atoms with Gasteiger partial charge in [0.25, 0.3) is 0 Å². The number of hydrogen-bond donors (Lipinski definition) is 3. The molecule has 0 amide bonds. The van der Waals surface area contributed by atoms with Gasteiger partial charge >= 0.3 is 5.97 Å². The summed E-state index contributed by atoms with van der Waals surface area (Å²) in [6.07, 6.45) is 3.39. The summed E-state index contributed by atoms with van der Waals surface area (Å²) in [4.78, 5) is 10.5. The summed E-state index contributed by atoms with van der Waals surface area (Å²) in [6.45, 7) is 0. The van der Waals surface area contributed by atoms with Crippen molar-refractivity contribution in [3.8, 4) is 0 Å². The van der Waals surface area contributed by atoms with Crippen molar-refractivity contribution in [3.63, 3.8) is 0 Å². The first-order valence-electron chi connectivity index (χ1n) is 6.01. The molecular weight excluding hydrogens is 260 g/mol. The molecule has 0 bridgehead atoms. The minimum Gasteiger partial charge on any atom is -0.481 e. The van der Waals surface area contributed by atoms with E-state index in [0.717, 1.165) is 5.56 Å². The molecule has 1 rings (SSSR count). The summed E-state index contributed by atoms with van der Waals surface area (Å²) in [6, 6.07) is 9.42. The number of carboxylic acid groups (broad SMARTS) is 1. The van der Waals surface area contributed by atoms with Crippen LogP contribution in [0.4, 0.5) is 0 Å². The number of nitrogens with zero attached hydrogens (tertiary/aromatic N) is 2. The van der Waals surface area contributed by atoms with Gasteiger partial charge in [0.05, 0.1) is 17.8 Å². The smallest absolute Gasteiger partial charge is 0.303 e. The second kappa shape index (κ2) is 8.47. The summed E-state index contributed by atoms with van der Waals surface area (Å²) >= 11 is 0. The van der Waals surface area contributed by atoms with Crippen LogP contribution in [0.25, 0.3) is 6.08 Å². The van der Waals surface area contributed by atoms with Crippen LogP contribution in [0.2, 0.25) is 0 Å². The second-order valence-electron chi connectivity index (χ2n) is 4.07. The van der Waals surface area contributed by atoms with E-state index in [-0.39, 0.29) is 30.7 Å². The van der Waals surface area contributed by atoms with E-state index >= 15 is 0 Å². The molecule has 0 aliphatic carbocycles. The van der Waals surface area contributed by atoms with Crippen molar-refractivity contribution < 1.29 is 20.3 Å². The van der Waals surface area contributed by atoms with Crippen LogP contribution in [-0.2, 0) is 4.79 Å². The molecule has 1 aromatic rings. The Kier molecular flexibility index (Phi) is 6.53. The molecule has 0 atom stereocenters. The highest BCUT2D eigenvalue weighted by Gasteiger charge is 2.07. The number of carbonyl (C=O) groups is 1. The van der Waals surface area contributed by atoms with E-state index in [1.807, 2.05) is 30.3 Å². The number of aliphatic carboxylic acids is 1. The van der Waals surface area contributed by atoms with Crippen LogP contribution in [0.3, 0.4) is 0 Å². The summed E-state index contributed by atoms with van der Waals surface area (Å²) < 4.78 is 0. The van der Waals surface area contributed by atoms with Crippen LogP contribution in [-0.4, -0.2) is 32.9 Å². The van der Waals surface area contributed by atoms with E-state index < -0.39 is 5.97 Å². The van der Waals surface area contributed by atoms with E-state index in [9.17, 15) is 4.79 Å². The maximum atomic E-state index is 10.5. The molecule has 0 aliphatic rings. The lowest BCUT2D eigenvalue weighted by atomic mass is 10.1. The molecule has 0 saturated heterocycles. The van der Waals surface area contributed by atoms with Crippen LogP contribution in [0.5, 0.6) is 0 Å². The molecule has 0 saturated carbocycles. The predicted molar refractivity (Wildman–Crippen MR) is 75.4 cm³/mol. The third kappa shape index (κ3) is 5.81. The van der Waals surface area contributed by atoms with Crippen molar-refractivity contribution >= 4 is 23.5 Å². The molecule has 0 heterocycles. The lowest BCUT2D eigenvalue weighted by Gasteiger charge is -2.02. The fourth-order valence-corrected chi connectivity index (χ4v) is 1.52. The van der Waals surface area contributed by atoms with Crippen LogP contribution in [0.15, 0.2) is 46.7 Å². The van der Waals surface area contributed by atoms with Gasteiger partial charge in [-0.05, 0) is 18.1 Å². The standard InChI is InChI=1S/C14H16N2O4/c17-14(18)9-8-13(16-20)10-12(15-19)7-6-11-4-2-1-3-5-11/h1-7,19-20H,8-10H2,(H,17,18)/b7-6+,15-12+,16-13+. The molecule has 0 fully saturated rings. The number of rotatable bonds is 7. The van der Waals surface area contributed by atoms with Crippen molar-refractivity contribution in [2.45, 2.75) is 19.3 Å². The third-order valence-corrected chi connectivity index (χ3v) is 2.55. The van der Waals surface area contributed by atoms with Gasteiger partial charge in [0.1, 0.15) is 0 Å². The summed E-state index contributed by atoms with van der Waals surface area (Å²) in [5.74, 6) is -0.978. The monoisotopic (exact) mass is 276 g/mol. The Balaban J connectivity index is 2.63. The van der Waals surface area contributed by atoms with Gasteiger partial charge in [-0.3, -0.25) is 4.79 Å². The minimum atomic E-state index is -0.978. The van der Waals surface area contributed by atoms with Gasteiger partial charge in [-0.15, -0.1) is 0 Å². The molecule has 0 aromatic heterocycles. The molecule has 0 spiro atoms. The van der Waals surface area contributed by atoms with E-state index in [2.05, 4.69) is 10.3 Å². The summed E-state index contributed by atoms with van der Waals surface area (Å²) in [5.41, 5.74) is 1.46. The summed E-state index contributed by atoms with van der Waals surface area (Å²) in [5, 5.41) is 32.4. The van der Waals surface area contributed by atoms with Crippen LogP contribution < -0.4 is 0 Å². The number of oxime groups is 2. The molecular formula is C14H16N2O4. The van der Waals surface area contributed by atoms with Crippen molar-refractivity contribution in [2.24, 2.45) is 10.3 Å². The maximum absolute atomic E-state index is 10.5. The average Bonchev–Trinajstić information content (AvgIpc) is 2.47. The van der Waals surface area contributed by atoms with E-state index in [1.54, 1.807) is 12.2 Å². The largest absolute Gasteiger partial charge is 0.481 e. The second-order valence-corrected chi connectivity index (χ2v) is 4.07. The maximum Gasteiger partial charge on any atom is 0.303 e. The Bertz CT molecular complexity index is 521. The van der Waals surface area contributed by atoms with Gasteiger partial charge in [-0.25, -0.2) is 0 Å². The highest BCUT2D eigenvalue weighted by Crippen LogP contribution is 2.05. The normalized spacial score (nSPS) is 12.8. The number of allylic oxidation sites excluding steroid dienone is 1. The van der Waals surface area contributed by atoms with Crippen molar-refractivity contribution in [3.05, 3.63) is 42.0 Å². The van der Waals surface area contributed by atoms with Crippen molar-refractivity contribution in [1.82, 2.24) is 0 Å². The van der Waals surface area contributed by atoms with E-state index in [1.165, 1.54) is 0 Å². The topological polar surface area (TPSA) is 102 Å². The first-order chi connectivity index (χ1) is 9.65. The van der Waals surface area contributed by atoms with Crippen molar-refractivity contribution in [1.29, 1.82) is 0 Å². The number of hydrogen-bond acceptors (Lipinski definition) is 5. The van der Waals surface area contributed by atoms with Gasteiger partial charge in [0.2, 0.25) is 0 Å². The van der Waals surface area contributed by atoms with Crippen LogP contribution >= 0.6 is 0 Å². The molecule has 6 heteroatoms. The van der Waals surface area contributed by atoms with Crippen molar-refractivity contribution in [2.75, 3.05) is 0 Å². The van der Waals surface area contributed by atoms with Crippen LogP contribution in [0, 0.1) is 0 Å². The fraction of sp³-hybridized carbons (Fsp3) is 0.214. The summed E-state index contributed by atoms with van der Waals surface area (Å²) in [7, 11) is 0. The number of carboxylic acids is 1. The Morgan fingerprint density at radius 3 is 2.35 bits per heavy atom. The molecule has 1 aromatic carbocycles. The minimum absolute atomic E-state index is 0.0869. The van der Waals surface area contributed by atoms with Gasteiger partial charge in [0.15, 0.2) is 0 Å². The van der Waals surface area contributed by atoms with E-state index in [4.69, 9.17) is 15.5 Å². The third-order valence-electron chi connectivity index (χ3n) is 2.55. The zero-order valence-electron chi connectivity index (χ0n) is 10.8. The number of benzene rings is 1. The molecule has 106 valence electrons. The molecule has 0 radical (unpaired) electrons. The zero-order valence-corrected chi connectivity index (χ0v) is 10.8. The Morgan fingerprint density at radius 2 is 1.80 bits per heavy atom. The highest BCUT2D eigenvalue weighted by molar-refractivity contribution is 6.10. The quantitative estimate of drug-likeness (QED) is 0.404.